The van der Waals surface area contributed by atoms with E-state index in [9.17, 15) is 4.79 Å². The number of aryl methyl sites for hydroxylation is 1. The molecule has 0 atom stereocenters. The zero-order valence-corrected chi connectivity index (χ0v) is 14.6. The zero-order valence-electron chi connectivity index (χ0n) is 12.1. The molecule has 0 aliphatic rings. The molecule has 0 aromatic heterocycles. The molecule has 0 fully saturated rings. The Morgan fingerprint density at radius 1 is 1.19 bits per heavy atom. The fourth-order valence-electron chi connectivity index (χ4n) is 2.06. The third-order valence-corrected chi connectivity index (χ3v) is 4.02. The first-order valence-electron chi connectivity index (χ1n) is 6.46. The van der Waals surface area contributed by atoms with E-state index in [0.29, 0.717) is 10.5 Å². The predicted octanol–water partition coefficient (Wildman–Crippen LogP) is 4.36. The summed E-state index contributed by atoms with van der Waals surface area (Å²) in [6, 6.07) is 11.2. The average Bonchev–Trinajstić information content (AvgIpc) is 2.40. The molecule has 1 amide bonds. The number of benzene rings is 2. The van der Waals surface area contributed by atoms with E-state index in [-0.39, 0.29) is 5.91 Å². The van der Waals surface area contributed by atoms with Gasteiger partial charge in [-0.2, -0.15) is 0 Å². The highest BCUT2D eigenvalue weighted by Crippen LogP contribution is 2.24. The second-order valence-electron chi connectivity index (χ2n) is 5.01. The van der Waals surface area contributed by atoms with Crippen LogP contribution in [-0.2, 0) is 0 Å². The monoisotopic (exact) mass is 364 g/mol. The number of carbonyl (C=O) groups excluding carboxylic acids is 1. The van der Waals surface area contributed by atoms with Crippen molar-refractivity contribution in [1.82, 2.24) is 0 Å². The van der Waals surface area contributed by atoms with E-state index in [4.69, 9.17) is 0 Å². The van der Waals surface area contributed by atoms with Gasteiger partial charge in [-0.25, -0.2) is 0 Å². The molecule has 0 bridgehead atoms. The highest BCUT2D eigenvalue weighted by Gasteiger charge is 2.11. The molecule has 2 rings (SSSR count). The molecule has 0 radical (unpaired) electrons. The number of halogens is 1. The van der Waals surface area contributed by atoms with Gasteiger partial charge in [-0.1, -0.05) is 22.0 Å². The minimum Gasteiger partial charge on any atom is -0.377 e. The normalized spacial score (nSPS) is 10.3. The molecular formula is C16H17BrN2OS. The Labute approximate surface area is 138 Å². The van der Waals surface area contributed by atoms with Gasteiger partial charge in [-0.3, -0.25) is 4.79 Å². The van der Waals surface area contributed by atoms with E-state index < -0.39 is 0 Å². The van der Waals surface area contributed by atoms with E-state index in [1.165, 1.54) is 0 Å². The molecule has 5 heteroatoms. The lowest BCUT2D eigenvalue weighted by atomic mass is 10.1. The first-order valence-corrected chi connectivity index (χ1v) is 7.70. The van der Waals surface area contributed by atoms with Crippen molar-refractivity contribution in [3.05, 3.63) is 52.0 Å². The van der Waals surface area contributed by atoms with E-state index >= 15 is 0 Å². The molecule has 0 unspecified atom stereocenters. The van der Waals surface area contributed by atoms with Crippen LogP contribution in [0.15, 0.2) is 45.8 Å². The number of hydrogen-bond donors (Lipinski definition) is 2. The van der Waals surface area contributed by atoms with Crippen molar-refractivity contribution in [2.24, 2.45) is 0 Å². The molecule has 2 aromatic rings. The van der Waals surface area contributed by atoms with E-state index in [0.717, 1.165) is 21.4 Å². The van der Waals surface area contributed by atoms with Crippen molar-refractivity contribution in [1.29, 1.82) is 0 Å². The van der Waals surface area contributed by atoms with Gasteiger partial charge in [0, 0.05) is 34.8 Å². The van der Waals surface area contributed by atoms with Crippen molar-refractivity contribution in [3.63, 3.8) is 0 Å². The minimum atomic E-state index is -0.166. The Kier molecular flexibility index (Phi) is 4.96. The first-order chi connectivity index (χ1) is 9.88. The summed E-state index contributed by atoms with van der Waals surface area (Å²) in [5.74, 6) is -0.166. The quantitative estimate of drug-likeness (QED) is 0.792. The molecule has 21 heavy (non-hydrogen) atoms. The first kappa shape index (κ1) is 15.9. The molecule has 0 aliphatic carbocycles. The molecule has 0 saturated carbocycles. The third kappa shape index (κ3) is 3.80. The second kappa shape index (κ2) is 6.54. The maximum atomic E-state index is 12.3. The van der Waals surface area contributed by atoms with Crippen LogP contribution in [0.25, 0.3) is 0 Å². The number of carbonyl (C=O) groups is 1. The Hall–Kier alpha value is -1.46. The minimum absolute atomic E-state index is 0.166. The summed E-state index contributed by atoms with van der Waals surface area (Å²) in [5, 5.41) is 2.91. The smallest absolute Gasteiger partial charge is 0.256 e. The van der Waals surface area contributed by atoms with Crippen molar-refractivity contribution in [2.45, 2.75) is 11.8 Å². The number of nitrogens with zero attached hydrogens (tertiary/aromatic N) is 1. The second-order valence-corrected chi connectivity index (χ2v) is 6.41. The van der Waals surface area contributed by atoms with Crippen LogP contribution in [-0.4, -0.2) is 20.0 Å². The number of rotatable bonds is 3. The maximum absolute atomic E-state index is 12.3. The third-order valence-electron chi connectivity index (χ3n) is 3.15. The summed E-state index contributed by atoms with van der Waals surface area (Å²) in [6.45, 7) is 2.04. The highest BCUT2D eigenvalue weighted by atomic mass is 79.9. The summed E-state index contributed by atoms with van der Waals surface area (Å²) < 4.78 is 0.897. The van der Waals surface area contributed by atoms with Gasteiger partial charge in [-0.05, 0) is 42.8 Å². The Morgan fingerprint density at radius 2 is 1.90 bits per heavy atom. The van der Waals surface area contributed by atoms with Gasteiger partial charge in [0.25, 0.3) is 5.91 Å². The summed E-state index contributed by atoms with van der Waals surface area (Å²) >= 11 is 7.70. The number of anilines is 2. The molecule has 3 nitrogen and oxygen atoms in total. The number of amides is 1. The van der Waals surface area contributed by atoms with E-state index in [1.807, 2.05) is 50.2 Å². The van der Waals surface area contributed by atoms with Gasteiger partial charge >= 0.3 is 0 Å². The lowest BCUT2D eigenvalue weighted by Crippen LogP contribution is -2.14. The molecule has 0 saturated heterocycles. The standard InChI is InChI=1S/C16H17BrN2OS/c1-10-4-6-12(9-14(10)19(2)3)18-16(20)13-7-5-11(17)8-15(13)21/h4-9,21H,1-3H3,(H,18,20). The van der Waals surface area contributed by atoms with Crippen LogP contribution in [0.4, 0.5) is 11.4 Å². The lowest BCUT2D eigenvalue weighted by Gasteiger charge is -2.17. The van der Waals surface area contributed by atoms with Crippen molar-refractivity contribution >= 4 is 45.8 Å². The molecule has 0 spiro atoms. The van der Waals surface area contributed by atoms with Gasteiger partial charge in [0.15, 0.2) is 0 Å². The number of thiol groups is 1. The van der Waals surface area contributed by atoms with Crippen LogP contribution in [0.5, 0.6) is 0 Å². The molecule has 110 valence electrons. The van der Waals surface area contributed by atoms with Crippen LogP contribution in [0, 0.1) is 6.92 Å². The fraction of sp³-hybridized carbons (Fsp3) is 0.188. The topological polar surface area (TPSA) is 32.3 Å². The Balaban J connectivity index is 2.25. The van der Waals surface area contributed by atoms with Crippen molar-refractivity contribution in [2.75, 3.05) is 24.3 Å². The summed E-state index contributed by atoms with van der Waals surface area (Å²) in [4.78, 5) is 15.0. The zero-order chi connectivity index (χ0) is 15.6. The van der Waals surface area contributed by atoms with E-state index in [1.54, 1.807) is 12.1 Å². The van der Waals surface area contributed by atoms with Gasteiger partial charge in [0.2, 0.25) is 0 Å². The number of hydrogen-bond acceptors (Lipinski definition) is 3. The molecule has 0 heterocycles. The van der Waals surface area contributed by atoms with Crippen LogP contribution in [0.1, 0.15) is 15.9 Å². The molecule has 2 aromatic carbocycles. The van der Waals surface area contributed by atoms with Gasteiger partial charge in [0.1, 0.15) is 0 Å². The van der Waals surface area contributed by atoms with Gasteiger partial charge < -0.3 is 10.2 Å². The highest BCUT2D eigenvalue weighted by molar-refractivity contribution is 9.10. The summed E-state index contributed by atoms with van der Waals surface area (Å²) in [7, 11) is 3.96. The van der Waals surface area contributed by atoms with Gasteiger partial charge in [-0.15, -0.1) is 12.6 Å². The molecular weight excluding hydrogens is 348 g/mol. The molecule has 0 aliphatic heterocycles. The largest absolute Gasteiger partial charge is 0.377 e. The van der Waals surface area contributed by atoms with E-state index in [2.05, 4.69) is 33.9 Å². The van der Waals surface area contributed by atoms with Gasteiger partial charge in [0.05, 0.1) is 5.56 Å². The SMILES string of the molecule is Cc1ccc(NC(=O)c2ccc(Br)cc2S)cc1N(C)C. The van der Waals surface area contributed by atoms with Crippen LogP contribution >= 0.6 is 28.6 Å². The van der Waals surface area contributed by atoms with Crippen molar-refractivity contribution in [3.8, 4) is 0 Å². The Morgan fingerprint density at radius 3 is 2.52 bits per heavy atom. The predicted molar refractivity (Wildman–Crippen MR) is 94.9 cm³/mol. The van der Waals surface area contributed by atoms with Crippen LogP contribution in [0.2, 0.25) is 0 Å². The fourth-order valence-corrected chi connectivity index (χ4v) is 2.92. The van der Waals surface area contributed by atoms with Crippen molar-refractivity contribution < 1.29 is 4.79 Å². The average molecular weight is 365 g/mol. The van der Waals surface area contributed by atoms with Crippen LogP contribution < -0.4 is 10.2 Å². The lowest BCUT2D eigenvalue weighted by molar-refractivity contribution is 0.102. The Bertz CT molecular complexity index is 686. The van der Waals surface area contributed by atoms with Crippen LogP contribution in [0.3, 0.4) is 0 Å². The summed E-state index contributed by atoms with van der Waals surface area (Å²) in [5.41, 5.74) is 3.56. The number of nitrogens with one attached hydrogen (secondary N) is 1. The summed E-state index contributed by atoms with van der Waals surface area (Å²) in [6.07, 6.45) is 0. The molecule has 1 N–H and O–H groups in total. The maximum Gasteiger partial charge on any atom is 0.256 e.